The molecular formula is C13H15BrN4O3. The molecule has 0 aliphatic heterocycles. The zero-order valence-electron chi connectivity index (χ0n) is 11.9. The minimum atomic E-state index is -0.964. The van der Waals surface area contributed by atoms with Gasteiger partial charge in [-0.15, -0.1) is 5.10 Å². The molecule has 0 amide bonds. The summed E-state index contributed by atoms with van der Waals surface area (Å²) in [4.78, 5) is 11.2. The molecule has 0 radical (unpaired) electrons. The molecule has 0 fully saturated rings. The minimum Gasteiger partial charge on any atom is -0.496 e. The predicted molar refractivity (Wildman–Crippen MR) is 78.9 cm³/mol. The summed E-state index contributed by atoms with van der Waals surface area (Å²) < 4.78 is 7.44. The molecule has 112 valence electrons. The van der Waals surface area contributed by atoms with Crippen molar-refractivity contribution in [3.05, 3.63) is 22.7 Å². The number of halogens is 1. The highest BCUT2D eigenvalue weighted by Crippen LogP contribution is 2.30. The summed E-state index contributed by atoms with van der Waals surface area (Å²) in [5.41, 5.74) is -0.192. The van der Waals surface area contributed by atoms with Gasteiger partial charge < -0.3 is 9.84 Å². The van der Waals surface area contributed by atoms with Crippen LogP contribution in [0.3, 0.4) is 0 Å². The maximum atomic E-state index is 11.2. The molecule has 0 aliphatic carbocycles. The molecular weight excluding hydrogens is 340 g/mol. The number of tetrazole rings is 1. The maximum absolute atomic E-state index is 11.2. The number of methoxy groups -OCH3 is 1. The van der Waals surface area contributed by atoms with E-state index in [1.54, 1.807) is 27.0 Å². The Hall–Kier alpha value is -1.96. The first kappa shape index (κ1) is 15.4. The highest BCUT2D eigenvalue weighted by atomic mass is 79.9. The fraction of sp³-hybridized carbons (Fsp3) is 0.385. The van der Waals surface area contributed by atoms with Crippen molar-refractivity contribution in [2.75, 3.05) is 7.11 Å². The van der Waals surface area contributed by atoms with Crippen molar-refractivity contribution in [3.8, 4) is 17.1 Å². The molecule has 0 saturated carbocycles. The van der Waals surface area contributed by atoms with Crippen LogP contribution in [0.25, 0.3) is 11.4 Å². The number of benzene rings is 1. The number of hydrogen-bond acceptors (Lipinski definition) is 5. The van der Waals surface area contributed by atoms with Gasteiger partial charge in [0.15, 0.2) is 5.82 Å². The summed E-state index contributed by atoms with van der Waals surface area (Å²) in [7, 11) is 1.58. The number of rotatable bonds is 5. The van der Waals surface area contributed by atoms with E-state index < -0.39 is 11.4 Å². The van der Waals surface area contributed by atoms with Crippen molar-refractivity contribution in [1.29, 1.82) is 0 Å². The van der Waals surface area contributed by atoms with Crippen LogP contribution in [0.1, 0.15) is 13.8 Å². The second-order valence-corrected chi connectivity index (χ2v) is 6.05. The molecule has 0 saturated heterocycles. The van der Waals surface area contributed by atoms with E-state index in [-0.39, 0.29) is 6.54 Å². The Morgan fingerprint density at radius 1 is 1.48 bits per heavy atom. The number of carbonyl (C=O) groups is 1. The first-order valence-electron chi connectivity index (χ1n) is 6.18. The average molecular weight is 355 g/mol. The number of ether oxygens (including phenoxy) is 1. The van der Waals surface area contributed by atoms with Gasteiger partial charge in [-0.1, -0.05) is 0 Å². The molecule has 2 rings (SSSR count). The molecule has 0 atom stereocenters. The maximum Gasteiger partial charge on any atom is 0.310 e. The Kier molecular flexibility index (Phi) is 4.26. The topological polar surface area (TPSA) is 90.1 Å². The Morgan fingerprint density at radius 2 is 2.19 bits per heavy atom. The second-order valence-electron chi connectivity index (χ2n) is 5.20. The Bertz CT molecular complexity index is 669. The Labute approximate surface area is 130 Å². The molecule has 1 aromatic heterocycles. The molecule has 0 aliphatic rings. The first-order chi connectivity index (χ1) is 9.85. The van der Waals surface area contributed by atoms with Gasteiger partial charge in [0, 0.05) is 5.56 Å². The van der Waals surface area contributed by atoms with Crippen LogP contribution < -0.4 is 4.74 Å². The SMILES string of the molecule is COc1ccc(-c2nnnn2CC(C)(C)C(=O)O)cc1Br. The van der Waals surface area contributed by atoms with Crippen molar-refractivity contribution in [1.82, 2.24) is 20.2 Å². The van der Waals surface area contributed by atoms with Crippen molar-refractivity contribution >= 4 is 21.9 Å². The molecule has 0 bridgehead atoms. The number of carboxylic acids is 1. The number of aliphatic carboxylic acids is 1. The number of hydrogen-bond donors (Lipinski definition) is 1. The second kappa shape index (κ2) is 5.80. The van der Waals surface area contributed by atoms with E-state index >= 15 is 0 Å². The lowest BCUT2D eigenvalue weighted by atomic mass is 9.94. The standard InChI is InChI=1S/C13H15BrN4O3/c1-13(2,12(19)20)7-18-11(15-16-17-18)8-4-5-10(21-3)9(14)6-8/h4-6H,7H2,1-3H3,(H,19,20). The zero-order chi connectivity index (χ0) is 15.6. The van der Waals surface area contributed by atoms with Gasteiger partial charge in [0.2, 0.25) is 0 Å². The number of carboxylic acid groups (broad SMARTS) is 1. The van der Waals surface area contributed by atoms with Gasteiger partial charge in [-0.2, -0.15) is 0 Å². The highest BCUT2D eigenvalue weighted by molar-refractivity contribution is 9.10. The van der Waals surface area contributed by atoms with Gasteiger partial charge in [-0.05, 0) is 58.4 Å². The Morgan fingerprint density at radius 3 is 2.76 bits per heavy atom. The fourth-order valence-electron chi connectivity index (χ4n) is 1.77. The smallest absolute Gasteiger partial charge is 0.310 e. The lowest BCUT2D eigenvalue weighted by Gasteiger charge is -2.19. The monoisotopic (exact) mass is 354 g/mol. The van der Waals surface area contributed by atoms with E-state index in [4.69, 9.17) is 4.74 Å². The summed E-state index contributed by atoms with van der Waals surface area (Å²) >= 11 is 3.41. The van der Waals surface area contributed by atoms with Gasteiger partial charge in [0.1, 0.15) is 5.75 Å². The molecule has 0 spiro atoms. The van der Waals surface area contributed by atoms with Crippen LogP contribution >= 0.6 is 15.9 Å². The van der Waals surface area contributed by atoms with E-state index in [0.717, 1.165) is 10.0 Å². The van der Waals surface area contributed by atoms with Gasteiger partial charge in [-0.3, -0.25) is 4.79 Å². The average Bonchev–Trinajstić information content (AvgIpc) is 2.85. The van der Waals surface area contributed by atoms with Crippen LogP contribution in [-0.2, 0) is 11.3 Å². The largest absolute Gasteiger partial charge is 0.496 e. The van der Waals surface area contributed by atoms with Crippen molar-refractivity contribution in [2.45, 2.75) is 20.4 Å². The summed E-state index contributed by atoms with van der Waals surface area (Å²) in [6, 6.07) is 5.44. The quantitative estimate of drug-likeness (QED) is 0.885. The van der Waals surface area contributed by atoms with Crippen molar-refractivity contribution in [3.63, 3.8) is 0 Å². The third-order valence-electron chi connectivity index (χ3n) is 3.07. The van der Waals surface area contributed by atoms with E-state index in [1.165, 1.54) is 4.68 Å². The summed E-state index contributed by atoms with van der Waals surface area (Å²) in [6.07, 6.45) is 0. The summed E-state index contributed by atoms with van der Waals surface area (Å²) in [6.45, 7) is 3.43. The van der Waals surface area contributed by atoms with Gasteiger partial charge in [-0.25, -0.2) is 4.68 Å². The predicted octanol–water partition coefficient (Wildman–Crippen LogP) is 2.22. The third kappa shape index (κ3) is 3.21. The molecule has 7 nitrogen and oxygen atoms in total. The number of nitrogens with zero attached hydrogens (tertiary/aromatic N) is 4. The molecule has 21 heavy (non-hydrogen) atoms. The first-order valence-corrected chi connectivity index (χ1v) is 6.98. The van der Waals surface area contributed by atoms with Crippen LogP contribution in [0.4, 0.5) is 0 Å². The van der Waals surface area contributed by atoms with Crippen LogP contribution in [0.15, 0.2) is 22.7 Å². The normalized spacial score (nSPS) is 11.4. The highest BCUT2D eigenvalue weighted by Gasteiger charge is 2.29. The zero-order valence-corrected chi connectivity index (χ0v) is 13.5. The molecule has 1 aromatic carbocycles. The van der Waals surface area contributed by atoms with Gasteiger partial charge in [0.25, 0.3) is 0 Å². The lowest BCUT2D eigenvalue weighted by molar-refractivity contribution is -0.147. The summed E-state index contributed by atoms with van der Waals surface area (Å²) in [5, 5.41) is 20.7. The van der Waals surface area contributed by atoms with E-state index in [0.29, 0.717) is 11.6 Å². The Balaban J connectivity index is 2.37. The summed E-state index contributed by atoms with van der Waals surface area (Å²) in [5.74, 6) is 0.302. The van der Waals surface area contributed by atoms with Gasteiger partial charge in [0.05, 0.1) is 23.5 Å². The fourth-order valence-corrected chi connectivity index (χ4v) is 2.31. The molecule has 8 heteroatoms. The van der Waals surface area contributed by atoms with E-state index in [9.17, 15) is 9.90 Å². The van der Waals surface area contributed by atoms with E-state index in [2.05, 4.69) is 31.5 Å². The van der Waals surface area contributed by atoms with Crippen LogP contribution in [0.5, 0.6) is 5.75 Å². The van der Waals surface area contributed by atoms with Crippen LogP contribution in [-0.4, -0.2) is 38.4 Å². The van der Waals surface area contributed by atoms with Gasteiger partial charge >= 0.3 is 5.97 Å². The van der Waals surface area contributed by atoms with Crippen molar-refractivity contribution < 1.29 is 14.6 Å². The van der Waals surface area contributed by atoms with Crippen LogP contribution in [0, 0.1) is 5.41 Å². The lowest BCUT2D eigenvalue weighted by Crippen LogP contribution is -2.30. The van der Waals surface area contributed by atoms with Crippen LogP contribution in [0.2, 0.25) is 0 Å². The molecule has 2 aromatic rings. The third-order valence-corrected chi connectivity index (χ3v) is 3.69. The molecule has 0 unspecified atom stereocenters. The van der Waals surface area contributed by atoms with E-state index in [1.807, 2.05) is 12.1 Å². The minimum absolute atomic E-state index is 0.175. The number of aromatic nitrogens is 4. The van der Waals surface area contributed by atoms with Crippen molar-refractivity contribution in [2.24, 2.45) is 5.41 Å². The molecule has 1 heterocycles. The molecule has 1 N–H and O–H groups in total.